The summed E-state index contributed by atoms with van der Waals surface area (Å²) in [5.74, 6) is 0.465. The summed E-state index contributed by atoms with van der Waals surface area (Å²) in [6.45, 7) is 4.09. The van der Waals surface area contributed by atoms with Crippen LogP contribution in [0.25, 0.3) is 0 Å². The average Bonchev–Trinajstić information content (AvgIpc) is 2.71. The van der Waals surface area contributed by atoms with Crippen molar-refractivity contribution in [3.63, 3.8) is 0 Å². The van der Waals surface area contributed by atoms with Crippen molar-refractivity contribution >= 4 is 17.4 Å². The van der Waals surface area contributed by atoms with Crippen molar-refractivity contribution in [3.05, 3.63) is 53.5 Å². The Balaban J connectivity index is 1.98. The highest BCUT2D eigenvalue weighted by atomic mass is 16.5. The fourth-order valence-electron chi connectivity index (χ4n) is 3.80. The number of ketones is 1. The van der Waals surface area contributed by atoms with Gasteiger partial charge in [-0.3, -0.25) is 9.59 Å². The molecule has 1 amide bonds. The van der Waals surface area contributed by atoms with Gasteiger partial charge in [-0.25, -0.2) is 0 Å². The van der Waals surface area contributed by atoms with Gasteiger partial charge in [0.05, 0.1) is 11.8 Å². The molecule has 1 spiro atoms. The highest BCUT2D eigenvalue weighted by Crippen LogP contribution is 2.51. The van der Waals surface area contributed by atoms with Crippen molar-refractivity contribution < 1.29 is 14.3 Å². The summed E-state index contributed by atoms with van der Waals surface area (Å²) in [6.07, 6.45) is 4.36. The van der Waals surface area contributed by atoms with Gasteiger partial charge in [-0.15, -0.1) is 0 Å². The van der Waals surface area contributed by atoms with Crippen LogP contribution < -0.4 is 5.32 Å². The Hall–Kier alpha value is -2.36. The molecule has 3 aliphatic rings. The maximum absolute atomic E-state index is 12.8. The fraction of sp³-hybridized carbons (Fsp3) is 0.333. The van der Waals surface area contributed by atoms with Crippen LogP contribution in [-0.2, 0) is 19.7 Å². The van der Waals surface area contributed by atoms with Gasteiger partial charge in [-0.1, -0.05) is 32.0 Å². The quantitative estimate of drug-likeness (QED) is 0.800. The molecule has 1 unspecified atom stereocenters. The van der Waals surface area contributed by atoms with Gasteiger partial charge in [0.25, 0.3) is 0 Å². The van der Waals surface area contributed by atoms with E-state index in [2.05, 4.69) is 5.32 Å². The first-order chi connectivity index (χ1) is 10.4. The maximum atomic E-state index is 12.8. The van der Waals surface area contributed by atoms with Crippen LogP contribution in [0.2, 0.25) is 0 Å². The first-order valence-corrected chi connectivity index (χ1v) is 7.46. The van der Waals surface area contributed by atoms with E-state index in [1.54, 1.807) is 12.3 Å². The highest BCUT2D eigenvalue weighted by molar-refractivity contribution is 6.17. The van der Waals surface area contributed by atoms with E-state index in [0.29, 0.717) is 24.2 Å². The predicted octanol–water partition coefficient (Wildman–Crippen LogP) is 3.06. The Bertz CT molecular complexity index is 772. The summed E-state index contributed by atoms with van der Waals surface area (Å²) in [5, 5.41) is 2.90. The number of para-hydroxylation sites is 1. The first kappa shape index (κ1) is 13.3. The average molecular weight is 295 g/mol. The molecule has 1 aliphatic carbocycles. The van der Waals surface area contributed by atoms with Crippen molar-refractivity contribution in [3.8, 4) is 0 Å². The predicted molar refractivity (Wildman–Crippen MR) is 82.0 cm³/mol. The molecule has 4 nitrogen and oxygen atoms in total. The molecule has 2 heterocycles. The minimum absolute atomic E-state index is 0.00227. The SMILES string of the molecule is CC1(C)CC(=O)C2=C(C1)OC=CC21C(=O)Nc2ccccc21. The third kappa shape index (κ3) is 1.58. The molecule has 0 radical (unpaired) electrons. The Kier molecular flexibility index (Phi) is 2.48. The van der Waals surface area contributed by atoms with Crippen molar-refractivity contribution in [1.29, 1.82) is 0 Å². The Morgan fingerprint density at radius 2 is 1.91 bits per heavy atom. The highest BCUT2D eigenvalue weighted by Gasteiger charge is 2.55. The Morgan fingerprint density at radius 3 is 2.73 bits per heavy atom. The maximum Gasteiger partial charge on any atom is 0.243 e. The molecule has 1 N–H and O–H groups in total. The molecule has 0 fully saturated rings. The standard InChI is InChI=1S/C18H17NO3/c1-17(2)9-13(20)15-14(10-17)22-8-7-18(15)11-5-3-4-6-12(11)19-16(18)21/h3-8H,9-10H2,1-2H3,(H,19,21). The lowest BCUT2D eigenvalue weighted by Crippen LogP contribution is -2.43. The number of hydrogen-bond donors (Lipinski definition) is 1. The number of ether oxygens (including phenoxy) is 1. The van der Waals surface area contributed by atoms with Gasteiger partial charge in [0.15, 0.2) is 5.78 Å². The van der Waals surface area contributed by atoms with Gasteiger partial charge in [-0.05, 0) is 23.1 Å². The van der Waals surface area contributed by atoms with Crippen LogP contribution in [0.1, 0.15) is 32.3 Å². The monoisotopic (exact) mass is 295 g/mol. The van der Waals surface area contributed by atoms with Crippen molar-refractivity contribution in [1.82, 2.24) is 0 Å². The number of Topliss-reactive ketones (excluding diaryl/α,β-unsaturated/α-hetero) is 1. The van der Waals surface area contributed by atoms with E-state index in [0.717, 1.165) is 11.3 Å². The summed E-state index contributed by atoms with van der Waals surface area (Å²) in [5.41, 5.74) is 0.940. The van der Waals surface area contributed by atoms with Gasteiger partial charge in [0, 0.05) is 18.5 Å². The number of amides is 1. The molecule has 0 saturated heterocycles. The normalized spacial score (nSPS) is 28.3. The molecule has 1 aromatic carbocycles. The molecule has 4 rings (SSSR count). The minimum Gasteiger partial charge on any atom is -0.469 e. The summed E-state index contributed by atoms with van der Waals surface area (Å²) in [4.78, 5) is 25.6. The van der Waals surface area contributed by atoms with E-state index in [1.165, 1.54) is 0 Å². The number of allylic oxidation sites excluding steroid dienone is 1. The minimum atomic E-state index is -1.03. The molecule has 0 saturated carbocycles. The largest absolute Gasteiger partial charge is 0.469 e. The number of carbonyl (C=O) groups excluding carboxylic acids is 2. The van der Waals surface area contributed by atoms with Crippen LogP contribution in [0.15, 0.2) is 47.9 Å². The molecule has 0 aromatic heterocycles. The summed E-state index contributed by atoms with van der Waals surface area (Å²) in [7, 11) is 0. The number of nitrogens with one attached hydrogen (secondary N) is 1. The third-order valence-electron chi connectivity index (χ3n) is 4.72. The topological polar surface area (TPSA) is 55.4 Å². The van der Waals surface area contributed by atoms with E-state index in [4.69, 9.17) is 4.74 Å². The van der Waals surface area contributed by atoms with Gasteiger partial charge >= 0.3 is 0 Å². The first-order valence-electron chi connectivity index (χ1n) is 7.46. The number of rotatable bonds is 0. The number of anilines is 1. The smallest absolute Gasteiger partial charge is 0.243 e. The second-order valence-corrected chi connectivity index (χ2v) is 6.97. The fourth-order valence-corrected chi connectivity index (χ4v) is 3.80. The number of fused-ring (bicyclic) bond motifs is 3. The van der Waals surface area contributed by atoms with E-state index in [1.807, 2.05) is 38.1 Å². The van der Waals surface area contributed by atoms with Gasteiger partial charge in [0.2, 0.25) is 5.91 Å². The van der Waals surface area contributed by atoms with Crippen LogP contribution in [0.3, 0.4) is 0 Å². The molecule has 112 valence electrons. The van der Waals surface area contributed by atoms with E-state index in [-0.39, 0.29) is 17.1 Å². The number of carbonyl (C=O) groups is 2. The zero-order chi connectivity index (χ0) is 15.5. The van der Waals surface area contributed by atoms with E-state index in [9.17, 15) is 9.59 Å². The molecule has 0 bridgehead atoms. The summed E-state index contributed by atoms with van der Waals surface area (Å²) < 4.78 is 5.64. The summed E-state index contributed by atoms with van der Waals surface area (Å²) >= 11 is 0. The van der Waals surface area contributed by atoms with Crippen molar-refractivity contribution in [2.75, 3.05) is 5.32 Å². The molecular formula is C18H17NO3. The molecule has 1 atom stereocenters. The van der Waals surface area contributed by atoms with Crippen LogP contribution in [0.5, 0.6) is 0 Å². The van der Waals surface area contributed by atoms with Crippen LogP contribution in [0.4, 0.5) is 5.69 Å². The summed E-state index contributed by atoms with van der Waals surface area (Å²) in [6, 6.07) is 7.53. The van der Waals surface area contributed by atoms with Crippen molar-refractivity contribution in [2.45, 2.75) is 32.1 Å². The lowest BCUT2D eigenvalue weighted by molar-refractivity contribution is -0.124. The molecule has 1 aromatic rings. The van der Waals surface area contributed by atoms with Crippen molar-refractivity contribution in [2.24, 2.45) is 5.41 Å². The van der Waals surface area contributed by atoms with E-state index >= 15 is 0 Å². The lowest BCUT2D eigenvalue weighted by Gasteiger charge is -2.38. The van der Waals surface area contributed by atoms with Gasteiger partial charge in [-0.2, -0.15) is 0 Å². The molecule has 22 heavy (non-hydrogen) atoms. The zero-order valence-corrected chi connectivity index (χ0v) is 12.6. The number of hydrogen-bond acceptors (Lipinski definition) is 3. The second kappa shape index (κ2) is 4.09. The van der Waals surface area contributed by atoms with Crippen LogP contribution >= 0.6 is 0 Å². The van der Waals surface area contributed by atoms with Gasteiger partial charge in [0.1, 0.15) is 11.2 Å². The third-order valence-corrected chi connectivity index (χ3v) is 4.72. The van der Waals surface area contributed by atoms with E-state index < -0.39 is 5.41 Å². The second-order valence-electron chi connectivity index (χ2n) is 6.97. The van der Waals surface area contributed by atoms with Gasteiger partial charge < -0.3 is 10.1 Å². The molecular weight excluding hydrogens is 278 g/mol. The lowest BCUT2D eigenvalue weighted by atomic mass is 9.65. The Morgan fingerprint density at radius 1 is 1.14 bits per heavy atom. The zero-order valence-electron chi connectivity index (χ0n) is 12.6. The Labute approximate surface area is 128 Å². The molecule has 2 aliphatic heterocycles. The molecule has 4 heteroatoms. The van der Waals surface area contributed by atoms with Crippen LogP contribution in [-0.4, -0.2) is 11.7 Å². The number of benzene rings is 1. The van der Waals surface area contributed by atoms with Crippen LogP contribution in [0, 0.1) is 5.41 Å².